The first-order chi connectivity index (χ1) is 14.4. The number of likely N-dealkylation sites (N-methyl/N-ethyl adjacent to an activating group) is 1. The van der Waals surface area contributed by atoms with Crippen LogP contribution in [0, 0.1) is 18.7 Å². The minimum absolute atomic E-state index is 0.0394. The summed E-state index contributed by atoms with van der Waals surface area (Å²) < 4.78 is 14.3. The SMILES string of the molecule is Cc1ccc(F)c(NC2NNC3C2CN(C(=O)N2CC(C)(C)N(C)C[C@@H]2C)C3(C)C)n1. The van der Waals surface area contributed by atoms with Crippen molar-refractivity contribution in [2.24, 2.45) is 5.92 Å². The molecule has 8 nitrogen and oxygen atoms in total. The number of carbonyl (C=O) groups excluding carboxylic acids is 1. The number of fused-ring (bicyclic) bond motifs is 1. The highest BCUT2D eigenvalue weighted by Crippen LogP contribution is 2.39. The predicted molar refractivity (Wildman–Crippen MR) is 119 cm³/mol. The number of nitrogens with one attached hydrogen (secondary N) is 3. The van der Waals surface area contributed by atoms with Gasteiger partial charge in [-0.3, -0.25) is 10.3 Å². The van der Waals surface area contributed by atoms with E-state index in [2.05, 4.69) is 67.7 Å². The van der Waals surface area contributed by atoms with Crippen molar-refractivity contribution in [2.75, 3.05) is 32.0 Å². The monoisotopic (exact) mass is 433 g/mol. The van der Waals surface area contributed by atoms with Gasteiger partial charge in [-0.15, -0.1) is 0 Å². The molecule has 0 radical (unpaired) electrons. The molecule has 172 valence electrons. The molecule has 3 aliphatic heterocycles. The van der Waals surface area contributed by atoms with E-state index >= 15 is 0 Å². The number of urea groups is 1. The molecule has 3 aliphatic rings. The molecule has 2 amide bonds. The summed E-state index contributed by atoms with van der Waals surface area (Å²) in [6.07, 6.45) is -0.229. The fourth-order valence-corrected chi connectivity index (χ4v) is 5.21. The fourth-order valence-electron chi connectivity index (χ4n) is 5.21. The number of anilines is 1. The number of hydrogen-bond donors (Lipinski definition) is 3. The minimum Gasteiger partial charge on any atom is -0.351 e. The Hall–Kier alpha value is -1.97. The van der Waals surface area contributed by atoms with Crippen LogP contribution < -0.4 is 16.2 Å². The zero-order valence-corrected chi connectivity index (χ0v) is 19.7. The maximum atomic E-state index is 14.3. The predicted octanol–water partition coefficient (Wildman–Crippen LogP) is 1.99. The Balaban J connectivity index is 1.53. The summed E-state index contributed by atoms with van der Waals surface area (Å²) in [5, 5.41) is 3.21. The lowest BCUT2D eigenvalue weighted by atomic mass is 9.90. The molecule has 1 aromatic heterocycles. The van der Waals surface area contributed by atoms with Crippen LogP contribution in [0.25, 0.3) is 0 Å². The number of rotatable bonds is 2. The van der Waals surface area contributed by atoms with E-state index in [1.807, 2.05) is 16.7 Å². The molecule has 1 aromatic rings. The number of nitrogens with zero attached hydrogens (tertiary/aromatic N) is 4. The quantitative estimate of drug-likeness (QED) is 0.662. The van der Waals surface area contributed by atoms with Gasteiger partial charge in [-0.05, 0) is 60.7 Å². The van der Waals surface area contributed by atoms with Gasteiger partial charge in [0.05, 0.1) is 17.7 Å². The van der Waals surface area contributed by atoms with Crippen LogP contribution in [0.3, 0.4) is 0 Å². The summed E-state index contributed by atoms with van der Waals surface area (Å²) in [6.45, 7) is 14.6. The number of aromatic nitrogens is 1. The molecule has 0 bridgehead atoms. The van der Waals surface area contributed by atoms with Gasteiger partial charge in [0.1, 0.15) is 0 Å². The third kappa shape index (κ3) is 3.76. The van der Waals surface area contributed by atoms with Gasteiger partial charge >= 0.3 is 6.03 Å². The van der Waals surface area contributed by atoms with E-state index in [1.165, 1.54) is 6.07 Å². The molecule has 0 aromatic carbocycles. The summed E-state index contributed by atoms with van der Waals surface area (Å²) in [6, 6.07) is 3.34. The summed E-state index contributed by atoms with van der Waals surface area (Å²) in [5.74, 6) is -0.0667. The standard InChI is InChI=1S/C22H36FN7O/c1-13-8-9-16(23)19(24-13)25-18-15-11-30(22(5,6)17(15)26-27-18)20(31)29-12-21(3,4)28(7)10-14(29)2/h8-9,14-15,17-18,26-27H,10-12H2,1-7H3,(H,24,25)/t14-,15?,17?,18?/m0/s1. The van der Waals surface area contributed by atoms with Crippen molar-refractivity contribution < 1.29 is 9.18 Å². The number of hydrazine groups is 1. The molecule has 3 unspecified atom stereocenters. The van der Waals surface area contributed by atoms with Gasteiger partial charge < -0.3 is 15.1 Å². The van der Waals surface area contributed by atoms with Crippen LogP contribution in [0.2, 0.25) is 0 Å². The zero-order valence-electron chi connectivity index (χ0n) is 19.7. The normalized spacial score (nSPS) is 32.3. The molecule has 4 rings (SSSR count). The zero-order chi connectivity index (χ0) is 22.7. The van der Waals surface area contributed by atoms with Crippen molar-refractivity contribution >= 4 is 11.8 Å². The molecule has 31 heavy (non-hydrogen) atoms. The Morgan fingerprint density at radius 1 is 1.23 bits per heavy atom. The van der Waals surface area contributed by atoms with Gasteiger partial charge in [0.25, 0.3) is 0 Å². The average Bonchev–Trinajstić information content (AvgIpc) is 3.19. The smallest absolute Gasteiger partial charge is 0.320 e. The average molecular weight is 434 g/mol. The maximum absolute atomic E-state index is 14.3. The second kappa shape index (κ2) is 7.56. The first-order valence-electron chi connectivity index (χ1n) is 11.1. The number of likely N-dealkylation sites (tertiary alicyclic amines) is 1. The maximum Gasteiger partial charge on any atom is 0.320 e. The van der Waals surface area contributed by atoms with Crippen LogP contribution in [0.5, 0.6) is 0 Å². The number of piperazine rings is 1. The highest BCUT2D eigenvalue weighted by Gasteiger charge is 2.56. The molecule has 3 N–H and O–H groups in total. The number of amides is 2. The van der Waals surface area contributed by atoms with Crippen LogP contribution in [0.15, 0.2) is 12.1 Å². The molecular formula is C22H36FN7O. The number of pyridine rings is 1. The van der Waals surface area contributed by atoms with Crippen LogP contribution in [-0.2, 0) is 0 Å². The number of halogens is 1. The van der Waals surface area contributed by atoms with Crippen molar-refractivity contribution in [2.45, 2.75) is 70.9 Å². The van der Waals surface area contributed by atoms with Crippen molar-refractivity contribution in [3.05, 3.63) is 23.6 Å². The highest BCUT2D eigenvalue weighted by molar-refractivity contribution is 5.77. The lowest BCUT2D eigenvalue weighted by Crippen LogP contribution is -2.66. The molecule has 4 heterocycles. The van der Waals surface area contributed by atoms with E-state index in [-0.39, 0.29) is 47.4 Å². The number of hydrogen-bond acceptors (Lipinski definition) is 6. The lowest BCUT2D eigenvalue weighted by Gasteiger charge is -2.50. The van der Waals surface area contributed by atoms with Crippen LogP contribution in [0.1, 0.15) is 40.3 Å². The Labute approximate surface area is 184 Å². The van der Waals surface area contributed by atoms with E-state index in [1.54, 1.807) is 6.07 Å². The Kier molecular flexibility index (Phi) is 5.43. The molecule has 3 saturated heterocycles. The second-order valence-corrected chi connectivity index (χ2v) is 10.6. The van der Waals surface area contributed by atoms with Crippen LogP contribution >= 0.6 is 0 Å². The van der Waals surface area contributed by atoms with Crippen molar-refractivity contribution in [3.8, 4) is 0 Å². The number of aryl methyl sites for hydroxylation is 1. The van der Waals surface area contributed by atoms with Gasteiger partial charge in [0.2, 0.25) is 0 Å². The minimum atomic E-state index is -0.392. The summed E-state index contributed by atoms with van der Waals surface area (Å²) >= 11 is 0. The van der Waals surface area contributed by atoms with E-state index in [0.29, 0.717) is 13.1 Å². The van der Waals surface area contributed by atoms with E-state index in [0.717, 1.165) is 12.2 Å². The summed E-state index contributed by atoms with van der Waals surface area (Å²) in [7, 11) is 2.12. The van der Waals surface area contributed by atoms with Gasteiger partial charge in [-0.2, -0.15) is 0 Å². The van der Waals surface area contributed by atoms with Gasteiger partial charge in [0.15, 0.2) is 11.6 Å². The highest BCUT2D eigenvalue weighted by atomic mass is 19.1. The Morgan fingerprint density at radius 2 is 1.94 bits per heavy atom. The van der Waals surface area contributed by atoms with Gasteiger partial charge in [-0.25, -0.2) is 19.6 Å². The largest absolute Gasteiger partial charge is 0.351 e. The molecule has 0 spiro atoms. The lowest BCUT2D eigenvalue weighted by molar-refractivity contribution is 0.00957. The third-order valence-electron chi connectivity index (χ3n) is 7.52. The van der Waals surface area contributed by atoms with E-state index < -0.39 is 5.54 Å². The third-order valence-corrected chi connectivity index (χ3v) is 7.52. The van der Waals surface area contributed by atoms with Gasteiger partial charge in [-0.1, -0.05) is 0 Å². The topological polar surface area (TPSA) is 75.8 Å². The molecular weight excluding hydrogens is 397 g/mol. The Morgan fingerprint density at radius 3 is 2.65 bits per heavy atom. The molecule has 0 saturated carbocycles. The second-order valence-electron chi connectivity index (χ2n) is 10.6. The first kappa shape index (κ1) is 22.2. The Bertz CT molecular complexity index is 860. The first-order valence-corrected chi connectivity index (χ1v) is 11.1. The number of carbonyl (C=O) groups is 1. The summed E-state index contributed by atoms with van der Waals surface area (Å²) in [4.78, 5) is 24.3. The molecule has 0 aliphatic carbocycles. The van der Waals surface area contributed by atoms with Crippen molar-refractivity contribution in [1.82, 2.24) is 30.5 Å². The van der Waals surface area contributed by atoms with Crippen molar-refractivity contribution in [1.29, 1.82) is 0 Å². The fraction of sp³-hybridized carbons (Fsp3) is 0.727. The van der Waals surface area contributed by atoms with E-state index in [4.69, 9.17) is 0 Å². The molecule has 4 atom stereocenters. The van der Waals surface area contributed by atoms with E-state index in [9.17, 15) is 9.18 Å². The van der Waals surface area contributed by atoms with Crippen LogP contribution in [0.4, 0.5) is 15.0 Å². The van der Waals surface area contributed by atoms with Crippen LogP contribution in [-0.4, -0.2) is 81.7 Å². The van der Waals surface area contributed by atoms with Gasteiger partial charge in [0, 0.05) is 42.8 Å². The van der Waals surface area contributed by atoms with Crippen molar-refractivity contribution in [3.63, 3.8) is 0 Å². The molecule has 9 heteroatoms. The summed E-state index contributed by atoms with van der Waals surface area (Å²) in [5.41, 5.74) is 6.89. The molecule has 3 fully saturated rings.